The average Bonchev–Trinajstić information content (AvgIpc) is 2.18. The van der Waals surface area contributed by atoms with Gasteiger partial charge in [-0.15, -0.1) is 0 Å². The van der Waals surface area contributed by atoms with E-state index in [-0.39, 0.29) is 6.10 Å². The molecule has 2 nitrogen and oxygen atoms in total. The summed E-state index contributed by atoms with van der Waals surface area (Å²) in [5.41, 5.74) is 0. The van der Waals surface area contributed by atoms with E-state index in [9.17, 15) is 5.11 Å². The summed E-state index contributed by atoms with van der Waals surface area (Å²) >= 11 is 0. The lowest BCUT2D eigenvalue weighted by Crippen LogP contribution is -2.46. The lowest BCUT2D eigenvalue weighted by Gasteiger charge is -2.43. The van der Waals surface area contributed by atoms with Crippen molar-refractivity contribution in [1.82, 2.24) is 4.90 Å². The first-order valence-corrected chi connectivity index (χ1v) is 5.71. The zero-order chi connectivity index (χ0) is 9.26. The summed E-state index contributed by atoms with van der Waals surface area (Å²) in [4.78, 5) is 2.53. The SMILES string of the molecule is CCN1CCC2C(CCC[C@@H]2O)C1. The number of aliphatic hydroxyl groups is 1. The molecule has 76 valence electrons. The third-order valence-electron chi connectivity index (χ3n) is 3.89. The quantitative estimate of drug-likeness (QED) is 0.666. The molecule has 0 radical (unpaired) electrons. The average molecular weight is 183 g/mol. The molecule has 2 fully saturated rings. The van der Waals surface area contributed by atoms with Crippen molar-refractivity contribution in [3.63, 3.8) is 0 Å². The molecule has 1 N–H and O–H groups in total. The summed E-state index contributed by atoms with van der Waals surface area (Å²) in [7, 11) is 0. The van der Waals surface area contributed by atoms with E-state index in [1.807, 2.05) is 0 Å². The van der Waals surface area contributed by atoms with Crippen LogP contribution in [0.3, 0.4) is 0 Å². The Morgan fingerprint density at radius 3 is 2.92 bits per heavy atom. The van der Waals surface area contributed by atoms with Gasteiger partial charge in [0.1, 0.15) is 0 Å². The number of piperidine rings is 1. The molecule has 13 heavy (non-hydrogen) atoms. The molecule has 2 heteroatoms. The highest BCUT2D eigenvalue weighted by molar-refractivity contribution is 4.87. The molecule has 1 saturated heterocycles. The van der Waals surface area contributed by atoms with Crippen LogP contribution in [0.5, 0.6) is 0 Å². The summed E-state index contributed by atoms with van der Waals surface area (Å²) in [6.07, 6.45) is 4.86. The number of rotatable bonds is 1. The second-order valence-electron chi connectivity index (χ2n) is 4.60. The van der Waals surface area contributed by atoms with E-state index in [1.54, 1.807) is 0 Å². The molecule has 0 spiro atoms. The van der Waals surface area contributed by atoms with E-state index in [4.69, 9.17) is 0 Å². The van der Waals surface area contributed by atoms with E-state index in [2.05, 4.69) is 11.8 Å². The second kappa shape index (κ2) is 3.97. The van der Waals surface area contributed by atoms with Gasteiger partial charge in [-0.25, -0.2) is 0 Å². The monoisotopic (exact) mass is 183 g/mol. The Labute approximate surface area is 80.9 Å². The predicted molar refractivity (Wildman–Crippen MR) is 53.6 cm³/mol. The first-order valence-electron chi connectivity index (χ1n) is 5.71. The van der Waals surface area contributed by atoms with Crippen molar-refractivity contribution < 1.29 is 5.11 Å². The van der Waals surface area contributed by atoms with Crippen molar-refractivity contribution in [2.75, 3.05) is 19.6 Å². The van der Waals surface area contributed by atoms with Gasteiger partial charge in [-0.1, -0.05) is 13.3 Å². The van der Waals surface area contributed by atoms with Crippen LogP contribution >= 0.6 is 0 Å². The van der Waals surface area contributed by atoms with Crippen LogP contribution in [0.4, 0.5) is 0 Å². The van der Waals surface area contributed by atoms with Crippen LogP contribution in [0.15, 0.2) is 0 Å². The Hall–Kier alpha value is -0.0800. The van der Waals surface area contributed by atoms with Gasteiger partial charge in [0, 0.05) is 6.54 Å². The molecule has 0 bridgehead atoms. The van der Waals surface area contributed by atoms with E-state index >= 15 is 0 Å². The maximum atomic E-state index is 9.84. The molecule has 0 amide bonds. The largest absolute Gasteiger partial charge is 0.393 e. The Morgan fingerprint density at radius 2 is 2.15 bits per heavy atom. The van der Waals surface area contributed by atoms with E-state index < -0.39 is 0 Å². The molecule has 2 unspecified atom stereocenters. The highest BCUT2D eigenvalue weighted by atomic mass is 16.3. The second-order valence-corrected chi connectivity index (χ2v) is 4.60. The number of aliphatic hydroxyl groups excluding tert-OH is 1. The van der Waals surface area contributed by atoms with Gasteiger partial charge >= 0.3 is 0 Å². The molecule has 2 aliphatic rings. The highest BCUT2D eigenvalue weighted by Gasteiger charge is 2.35. The number of hydrogen-bond donors (Lipinski definition) is 1. The van der Waals surface area contributed by atoms with Crippen molar-refractivity contribution in [3.05, 3.63) is 0 Å². The first-order chi connectivity index (χ1) is 6.31. The van der Waals surface area contributed by atoms with Gasteiger partial charge < -0.3 is 10.0 Å². The fourth-order valence-corrected chi connectivity index (χ4v) is 3.03. The minimum atomic E-state index is 0.0118. The molecule has 0 aromatic heterocycles. The molecule has 2 rings (SSSR count). The predicted octanol–water partition coefficient (Wildman–Crippen LogP) is 1.49. The lowest BCUT2D eigenvalue weighted by molar-refractivity contribution is -0.0135. The summed E-state index contributed by atoms with van der Waals surface area (Å²) in [5, 5.41) is 9.84. The number of fused-ring (bicyclic) bond motifs is 1. The van der Waals surface area contributed by atoms with Gasteiger partial charge in [-0.05, 0) is 44.2 Å². The van der Waals surface area contributed by atoms with E-state index in [1.165, 1.54) is 38.9 Å². The van der Waals surface area contributed by atoms with Crippen LogP contribution in [0.25, 0.3) is 0 Å². The highest BCUT2D eigenvalue weighted by Crippen LogP contribution is 2.36. The fraction of sp³-hybridized carbons (Fsp3) is 1.00. The van der Waals surface area contributed by atoms with E-state index in [0.29, 0.717) is 5.92 Å². The van der Waals surface area contributed by atoms with Gasteiger partial charge in [0.25, 0.3) is 0 Å². The van der Waals surface area contributed by atoms with Crippen LogP contribution in [0.1, 0.15) is 32.6 Å². The third kappa shape index (κ3) is 1.89. The zero-order valence-electron chi connectivity index (χ0n) is 8.58. The molecule has 1 saturated carbocycles. The van der Waals surface area contributed by atoms with Gasteiger partial charge in [-0.2, -0.15) is 0 Å². The molecular weight excluding hydrogens is 162 g/mol. The normalized spacial score (nSPS) is 41.5. The van der Waals surface area contributed by atoms with Crippen molar-refractivity contribution in [2.45, 2.75) is 38.7 Å². The summed E-state index contributed by atoms with van der Waals surface area (Å²) in [5.74, 6) is 1.41. The molecular formula is C11H21NO. The van der Waals surface area contributed by atoms with Crippen LogP contribution in [-0.4, -0.2) is 35.7 Å². The van der Waals surface area contributed by atoms with Gasteiger partial charge in [0.15, 0.2) is 0 Å². The Bertz CT molecular complexity index is 171. The summed E-state index contributed by atoms with van der Waals surface area (Å²) < 4.78 is 0. The molecule has 1 aliphatic heterocycles. The minimum absolute atomic E-state index is 0.0118. The van der Waals surface area contributed by atoms with Crippen molar-refractivity contribution in [1.29, 1.82) is 0 Å². The Morgan fingerprint density at radius 1 is 1.31 bits per heavy atom. The molecule has 0 aromatic carbocycles. The molecule has 1 aliphatic carbocycles. The van der Waals surface area contributed by atoms with E-state index in [0.717, 1.165) is 12.3 Å². The van der Waals surface area contributed by atoms with Crippen molar-refractivity contribution >= 4 is 0 Å². The third-order valence-corrected chi connectivity index (χ3v) is 3.89. The minimum Gasteiger partial charge on any atom is -0.393 e. The zero-order valence-corrected chi connectivity index (χ0v) is 8.58. The summed E-state index contributed by atoms with van der Waals surface area (Å²) in [6.45, 7) is 5.85. The van der Waals surface area contributed by atoms with Crippen LogP contribution in [-0.2, 0) is 0 Å². The number of likely N-dealkylation sites (tertiary alicyclic amines) is 1. The number of hydrogen-bond acceptors (Lipinski definition) is 2. The standard InChI is InChI=1S/C11H21NO/c1-2-12-7-6-10-9(8-12)4-3-5-11(10)13/h9-11,13H,2-8H2,1H3/t9?,10?,11-/m0/s1. The van der Waals surface area contributed by atoms with Crippen molar-refractivity contribution in [2.24, 2.45) is 11.8 Å². The first kappa shape index (κ1) is 9.47. The number of nitrogens with zero attached hydrogens (tertiary/aromatic N) is 1. The maximum Gasteiger partial charge on any atom is 0.0572 e. The lowest BCUT2D eigenvalue weighted by atomic mass is 9.73. The molecule has 0 aromatic rings. The van der Waals surface area contributed by atoms with Crippen LogP contribution < -0.4 is 0 Å². The Balaban J connectivity index is 1.95. The molecule has 3 atom stereocenters. The molecule has 1 heterocycles. The van der Waals surface area contributed by atoms with Crippen LogP contribution in [0, 0.1) is 11.8 Å². The summed E-state index contributed by atoms with van der Waals surface area (Å²) in [6, 6.07) is 0. The van der Waals surface area contributed by atoms with Crippen molar-refractivity contribution in [3.8, 4) is 0 Å². The van der Waals surface area contributed by atoms with Gasteiger partial charge in [0.2, 0.25) is 0 Å². The smallest absolute Gasteiger partial charge is 0.0572 e. The maximum absolute atomic E-state index is 9.84. The Kier molecular flexibility index (Phi) is 2.89. The van der Waals surface area contributed by atoms with Crippen LogP contribution in [0.2, 0.25) is 0 Å². The van der Waals surface area contributed by atoms with Gasteiger partial charge in [0.05, 0.1) is 6.10 Å². The van der Waals surface area contributed by atoms with Gasteiger partial charge in [-0.3, -0.25) is 0 Å². The fourth-order valence-electron chi connectivity index (χ4n) is 3.03. The topological polar surface area (TPSA) is 23.5 Å².